The minimum atomic E-state index is -0.464. The molecule has 0 aromatic carbocycles. The number of hydrogen-bond acceptors (Lipinski definition) is 2. The van der Waals surface area contributed by atoms with Crippen molar-refractivity contribution in [3.05, 3.63) is 0 Å². The van der Waals surface area contributed by atoms with Crippen molar-refractivity contribution in [2.75, 3.05) is 0 Å². The molecule has 1 aliphatic rings. The van der Waals surface area contributed by atoms with Gasteiger partial charge in [0.25, 0.3) is 0 Å². The van der Waals surface area contributed by atoms with E-state index >= 15 is 0 Å². The zero-order chi connectivity index (χ0) is 12.2. The van der Waals surface area contributed by atoms with E-state index in [1.54, 1.807) is 0 Å². The normalized spacial score (nSPS) is 24.8. The number of carbonyl (C=O) groups is 1. The number of nitrogens with one attached hydrogen (secondary N) is 1. The first-order valence-electron chi connectivity index (χ1n) is 6.18. The van der Waals surface area contributed by atoms with E-state index in [1.165, 1.54) is 0 Å². The van der Waals surface area contributed by atoms with E-state index < -0.39 is 5.92 Å². The molecule has 1 N–H and O–H groups in total. The lowest BCUT2D eigenvalue weighted by atomic mass is 9.92. The molecule has 0 spiro atoms. The Hall–Kier alpha value is -1.04. The lowest BCUT2D eigenvalue weighted by molar-refractivity contribution is -0.124. The van der Waals surface area contributed by atoms with Crippen molar-refractivity contribution in [2.45, 2.75) is 58.9 Å². The molecule has 0 radical (unpaired) electrons. The second-order valence-corrected chi connectivity index (χ2v) is 5.58. The molecule has 0 aromatic rings. The lowest BCUT2D eigenvalue weighted by Crippen LogP contribution is -2.37. The number of carbonyl (C=O) groups excluding carboxylic acids is 1. The van der Waals surface area contributed by atoms with Gasteiger partial charge in [0, 0.05) is 6.04 Å². The van der Waals surface area contributed by atoms with Gasteiger partial charge in [0.15, 0.2) is 0 Å². The molecule has 2 atom stereocenters. The molecule has 1 fully saturated rings. The van der Waals surface area contributed by atoms with Gasteiger partial charge in [0.05, 0.1) is 6.07 Å². The highest BCUT2D eigenvalue weighted by Crippen LogP contribution is 2.36. The van der Waals surface area contributed by atoms with Crippen LogP contribution in [0, 0.1) is 22.7 Å². The van der Waals surface area contributed by atoms with E-state index in [4.69, 9.17) is 5.26 Å². The molecule has 3 heteroatoms. The van der Waals surface area contributed by atoms with Crippen LogP contribution in [-0.4, -0.2) is 11.9 Å². The molecular weight excluding hydrogens is 200 g/mol. The van der Waals surface area contributed by atoms with Gasteiger partial charge < -0.3 is 5.32 Å². The summed E-state index contributed by atoms with van der Waals surface area (Å²) in [5, 5.41) is 11.9. The van der Waals surface area contributed by atoms with Crippen LogP contribution >= 0.6 is 0 Å². The fraction of sp³-hybridized carbons (Fsp3) is 0.846. The summed E-state index contributed by atoms with van der Waals surface area (Å²) in [5.41, 5.74) is 0.338. The monoisotopic (exact) mass is 222 g/mol. The first-order chi connectivity index (χ1) is 7.48. The Kier molecular flexibility index (Phi) is 4.35. The quantitative estimate of drug-likeness (QED) is 0.795. The third kappa shape index (κ3) is 3.52. The summed E-state index contributed by atoms with van der Waals surface area (Å²) in [6, 6.07) is 2.36. The van der Waals surface area contributed by atoms with Crippen molar-refractivity contribution in [3.63, 3.8) is 0 Å². The number of hydrogen-bond donors (Lipinski definition) is 1. The van der Waals surface area contributed by atoms with E-state index in [2.05, 4.69) is 25.2 Å². The van der Waals surface area contributed by atoms with Crippen molar-refractivity contribution < 1.29 is 4.79 Å². The second-order valence-electron chi connectivity index (χ2n) is 5.58. The van der Waals surface area contributed by atoms with Crippen molar-refractivity contribution in [1.82, 2.24) is 5.32 Å². The van der Waals surface area contributed by atoms with Gasteiger partial charge in [-0.25, -0.2) is 0 Å². The third-order valence-electron chi connectivity index (χ3n) is 3.36. The van der Waals surface area contributed by atoms with Crippen LogP contribution in [0.2, 0.25) is 0 Å². The largest absolute Gasteiger partial charge is 0.352 e. The molecule has 2 unspecified atom stereocenters. The highest BCUT2D eigenvalue weighted by Gasteiger charge is 2.32. The number of nitrogens with zero attached hydrogens (tertiary/aromatic N) is 1. The highest BCUT2D eigenvalue weighted by molar-refractivity contribution is 5.81. The number of nitriles is 1. The summed E-state index contributed by atoms with van der Waals surface area (Å²) in [5.74, 6) is -0.541. The summed E-state index contributed by atoms with van der Waals surface area (Å²) < 4.78 is 0. The molecule has 1 saturated carbocycles. The summed E-state index contributed by atoms with van der Waals surface area (Å²) in [4.78, 5) is 11.8. The van der Waals surface area contributed by atoms with E-state index in [0.29, 0.717) is 11.8 Å². The molecule has 0 aromatic heterocycles. The molecule has 0 heterocycles. The average Bonchev–Trinajstić information content (AvgIpc) is 2.54. The Balaban J connectivity index is 2.43. The minimum absolute atomic E-state index is 0.0768. The molecule has 1 rings (SSSR count). The van der Waals surface area contributed by atoms with Crippen LogP contribution in [0.4, 0.5) is 0 Å². The van der Waals surface area contributed by atoms with Crippen molar-refractivity contribution in [3.8, 4) is 6.07 Å². The van der Waals surface area contributed by atoms with E-state index in [0.717, 1.165) is 25.7 Å². The summed E-state index contributed by atoms with van der Waals surface area (Å²) in [6.07, 6.45) is 4.77. The molecular formula is C13H22N2O. The maximum Gasteiger partial charge on any atom is 0.237 e. The van der Waals surface area contributed by atoms with Crippen LogP contribution in [-0.2, 0) is 4.79 Å². The van der Waals surface area contributed by atoms with E-state index in [-0.39, 0.29) is 11.9 Å². The van der Waals surface area contributed by atoms with Gasteiger partial charge >= 0.3 is 0 Å². The molecule has 0 aliphatic heterocycles. The SMILES string of the molecule is CCCC(C#N)C(=O)NC1CCC(C)(C)C1. The first kappa shape index (κ1) is 13.0. The zero-order valence-electron chi connectivity index (χ0n) is 10.5. The van der Waals surface area contributed by atoms with Crippen LogP contribution in [0.15, 0.2) is 0 Å². The maximum absolute atomic E-state index is 11.8. The Morgan fingerprint density at radius 1 is 1.62 bits per heavy atom. The Morgan fingerprint density at radius 3 is 2.75 bits per heavy atom. The van der Waals surface area contributed by atoms with Gasteiger partial charge in [-0.2, -0.15) is 5.26 Å². The summed E-state index contributed by atoms with van der Waals surface area (Å²) in [7, 11) is 0. The average molecular weight is 222 g/mol. The zero-order valence-corrected chi connectivity index (χ0v) is 10.5. The van der Waals surface area contributed by atoms with E-state index in [1.807, 2.05) is 6.92 Å². The molecule has 90 valence electrons. The molecule has 0 bridgehead atoms. The van der Waals surface area contributed by atoms with Crippen LogP contribution < -0.4 is 5.32 Å². The number of amides is 1. The molecule has 1 amide bonds. The second kappa shape index (κ2) is 5.34. The lowest BCUT2D eigenvalue weighted by Gasteiger charge is -2.18. The molecule has 0 saturated heterocycles. The molecule has 1 aliphatic carbocycles. The molecule has 3 nitrogen and oxygen atoms in total. The standard InChI is InChI=1S/C13H22N2O/c1-4-5-10(9-14)12(16)15-11-6-7-13(2,3)8-11/h10-11H,4-8H2,1-3H3,(H,15,16). The third-order valence-corrected chi connectivity index (χ3v) is 3.36. The maximum atomic E-state index is 11.8. The fourth-order valence-electron chi connectivity index (χ4n) is 2.40. The van der Waals surface area contributed by atoms with Crippen LogP contribution in [0.1, 0.15) is 52.9 Å². The summed E-state index contributed by atoms with van der Waals surface area (Å²) in [6.45, 7) is 6.45. The Bertz CT molecular complexity index is 291. The topological polar surface area (TPSA) is 52.9 Å². The van der Waals surface area contributed by atoms with Gasteiger partial charge in [0.1, 0.15) is 5.92 Å². The van der Waals surface area contributed by atoms with Crippen LogP contribution in [0.5, 0.6) is 0 Å². The van der Waals surface area contributed by atoms with Gasteiger partial charge in [-0.15, -0.1) is 0 Å². The predicted octanol–water partition coefficient (Wildman–Crippen LogP) is 2.62. The minimum Gasteiger partial charge on any atom is -0.352 e. The van der Waals surface area contributed by atoms with Gasteiger partial charge in [-0.1, -0.05) is 27.2 Å². The van der Waals surface area contributed by atoms with Gasteiger partial charge in [-0.3, -0.25) is 4.79 Å². The fourth-order valence-corrected chi connectivity index (χ4v) is 2.40. The van der Waals surface area contributed by atoms with Crippen LogP contribution in [0.25, 0.3) is 0 Å². The molecule has 16 heavy (non-hydrogen) atoms. The Morgan fingerprint density at radius 2 is 2.31 bits per heavy atom. The highest BCUT2D eigenvalue weighted by atomic mass is 16.1. The van der Waals surface area contributed by atoms with Crippen molar-refractivity contribution in [2.24, 2.45) is 11.3 Å². The van der Waals surface area contributed by atoms with Crippen LogP contribution in [0.3, 0.4) is 0 Å². The van der Waals surface area contributed by atoms with Gasteiger partial charge in [-0.05, 0) is 31.1 Å². The summed E-state index contributed by atoms with van der Waals surface area (Å²) >= 11 is 0. The first-order valence-corrected chi connectivity index (χ1v) is 6.18. The smallest absolute Gasteiger partial charge is 0.237 e. The predicted molar refractivity (Wildman–Crippen MR) is 63.6 cm³/mol. The Labute approximate surface area is 98.2 Å². The van der Waals surface area contributed by atoms with Crippen molar-refractivity contribution >= 4 is 5.91 Å². The van der Waals surface area contributed by atoms with Gasteiger partial charge in [0.2, 0.25) is 5.91 Å². The number of rotatable bonds is 4. The van der Waals surface area contributed by atoms with Crippen molar-refractivity contribution in [1.29, 1.82) is 5.26 Å². The van der Waals surface area contributed by atoms with E-state index in [9.17, 15) is 4.79 Å².